The number of hydrogen-bond donors (Lipinski definition) is 2. The first-order valence-electron chi connectivity index (χ1n) is 6.43. The molecule has 0 aliphatic heterocycles. The number of aromatic nitrogens is 2. The molecule has 0 fully saturated rings. The molecular weight excluding hydrogens is 228 g/mol. The summed E-state index contributed by atoms with van der Waals surface area (Å²) in [5.41, 5.74) is 6.59. The first-order valence-corrected chi connectivity index (χ1v) is 6.43. The molecule has 0 unspecified atom stereocenters. The summed E-state index contributed by atoms with van der Waals surface area (Å²) in [7, 11) is 1.82. The Balaban J connectivity index is 2.52. The fourth-order valence-electron chi connectivity index (χ4n) is 2.11. The Kier molecular flexibility index (Phi) is 5.34. The van der Waals surface area contributed by atoms with Crippen molar-refractivity contribution in [1.29, 1.82) is 0 Å². The van der Waals surface area contributed by atoms with Crippen molar-refractivity contribution in [2.75, 3.05) is 11.9 Å². The first kappa shape index (κ1) is 14.7. The summed E-state index contributed by atoms with van der Waals surface area (Å²) >= 11 is 0. The topological polar surface area (TPSA) is 72.9 Å². The molecule has 1 atom stereocenters. The zero-order valence-corrected chi connectivity index (χ0v) is 11.7. The quantitative estimate of drug-likeness (QED) is 0.809. The minimum absolute atomic E-state index is 0.00843. The van der Waals surface area contributed by atoms with Crippen molar-refractivity contribution < 1.29 is 4.79 Å². The van der Waals surface area contributed by atoms with Crippen molar-refractivity contribution in [1.82, 2.24) is 9.78 Å². The molecule has 1 aromatic heterocycles. The summed E-state index contributed by atoms with van der Waals surface area (Å²) in [5, 5.41) is 7.06. The average molecular weight is 252 g/mol. The number of hydrogen-bond acceptors (Lipinski definition) is 3. The second kappa shape index (κ2) is 6.54. The number of carbonyl (C=O) groups excluding carboxylic acids is 1. The van der Waals surface area contributed by atoms with E-state index in [4.69, 9.17) is 5.73 Å². The molecular formula is C13H24N4O. The van der Waals surface area contributed by atoms with Gasteiger partial charge in [0, 0.05) is 19.5 Å². The van der Waals surface area contributed by atoms with Crippen molar-refractivity contribution in [3.63, 3.8) is 0 Å². The summed E-state index contributed by atoms with van der Waals surface area (Å²) in [4.78, 5) is 11.9. The van der Waals surface area contributed by atoms with E-state index < -0.39 is 0 Å². The smallest absolute Gasteiger partial charge is 0.225 e. The molecule has 18 heavy (non-hydrogen) atoms. The van der Waals surface area contributed by atoms with Crippen molar-refractivity contribution in [2.24, 2.45) is 24.6 Å². The maximum Gasteiger partial charge on any atom is 0.225 e. The zero-order chi connectivity index (χ0) is 13.7. The number of nitrogens with zero attached hydrogens (tertiary/aromatic N) is 2. The Morgan fingerprint density at radius 3 is 2.67 bits per heavy atom. The van der Waals surface area contributed by atoms with Crippen LogP contribution in [0.15, 0.2) is 6.07 Å². The van der Waals surface area contributed by atoms with Crippen LogP contribution in [0.1, 0.15) is 32.4 Å². The van der Waals surface area contributed by atoms with E-state index in [1.165, 1.54) is 0 Å². The molecule has 0 saturated heterocycles. The lowest BCUT2D eigenvalue weighted by Crippen LogP contribution is -2.24. The van der Waals surface area contributed by atoms with Crippen LogP contribution in [0.25, 0.3) is 0 Å². The number of amides is 1. The maximum atomic E-state index is 11.9. The van der Waals surface area contributed by atoms with Crippen molar-refractivity contribution >= 4 is 11.7 Å². The van der Waals surface area contributed by atoms with Crippen molar-refractivity contribution in [3.05, 3.63) is 11.8 Å². The Morgan fingerprint density at radius 1 is 1.56 bits per heavy atom. The van der Waals surface area contributed by atoms with Crippen LogP contribution in [0.4, 0.5) is 5.82 Å². The van der Waals surface area contributed by atoms with Gasteiger partial charge in [-0.1, -0.05) is 13.8 Å². The molecule has 0 aromatic carbocycles. The van der Waals surface area contributed by atoms with E-state index in [1.807, 2.05) is 20.0 Å². The number of aryl methyl sites for hydroxylation is 2. The number of carbonyl (C=O) groups is 1. The SMILES string of the molecule is Cc1cc(NC(=O)C[C@@H](CN)CC(C)C)n(C)n1. The van der Waals surface area contributed by atoms with Gasteiger partial charge in [-0.2, -0.15) is 5.10 Å². The molecule has 1 aromatic rings. The molecule has 0 radical (unpaired) electrons. The lowest BCUT2D eigenvalue weighted by molar-refractivity contribution is -0.117. The zero-order valence-electron chi connectivity index (χ0n) is 11.7. The first-order chi connectivity index (χ1) is 8.42. The van der Waals surface area contributed by atoms with Gasteiger partial charge in [0.05, 0.1) is 5.69 Å². The van der Waals surface area contributed by atoms with Crippen LogP contribution in [0.3, 0.4) is 0 Å². The van der Waals surface area contributed by atoms with Gasteiger partial charge in [-0.15, -0.1) is 0 Å². The van der Waals surface area contributed by atoms with Gasteiger partial charge >= 0.3 is 0 Å². The molecule has 0 aliphatic carbocycles. The third-order valence-corrected chi connectivity index (χ3v) is 2.88. The highest BCUT2D eigenvalue weighted by atomic mass is 16.1. The fourth-order valence-corrected chi connectivity index (χ4v) is 2.11. The van der Waals surface area contributed by atoms with Gasteiger partial charge in [-0.25, -0.2) is 0 Å². The lowest BCUT2D eigenvalue weighted by atomic mass is 9.94. The lowest BCUT2D eigenvalue weighted by Gasteiger charge is -2.16. The van der Waals surface area contributed by atoms with Crippen LogP contribution >= 0.6 is 0 Å². The molecule has 0 aliphatic rings. The Hall–Kier alpha value is -1.36. The van der Waals surface area contributed by atoms with E-state index >= 15 is 0 Å². The molecule has 3 N–H and O–H groups in total. The molecule has 0 spiro atoms. The number of nitrogens with two attached hydrogens (primary N) is 1. The van der Waals surface area contributed by atoms with E-state index in [-0.39, 0.29) is 11.8 Å². The van der Waals surface area contributed by atoms with E-state index in [0.717, 1.165) is 17.9 Å². The van der Waals surface area contributed by atoms with Crippen LogP contribution in [0.5, 0.6) is 0 Å². The molecule has 1 heterocycles. The highest BCUT2D eigenvalue weighted by molar-refractivity contribution is 5.90. The molecule has 0 bridgehead atoms. The molecule has 5 nitrogen and oxygen atoms in total. The predicted molar refractivity (Wildman–Crippen MR) is 73.2 cm³/mol. The molecule has 5 heteroatoms. The third kappa shape index (κ3) is 4.49. The van der Waals surface area contributed by atoms with E-state index in [0.29, 0.717) is 18.9 Å². The molecule has 1 rings (SSSR count). The van der Waals surface area contributed by atoms with Crippen LogP contribution < -0.4 is 11.1 Å². The summed E-state index contributed by atoms with van der Waals surface area (Å²) < 4.78 is 1.67. The molecule has 102 valence electrons. The van der Waals surface area contributed by atoms with Crippen LogP contribution in [0.2, 0.25) is 0 Å². The van der Waals surface area contributed by atoms with Gasteiger partial charge in [0.25, 0.3) is 0 Å². The van der Waals surface area contributed by atoms with Gasteiger partial charge in [0.1, 0.15) is 5.82 Å². The average Bonchev–Trinajstić information content (AvgIpc) is 2.55. The van der Waals surface area contributed by atoms with E-state index in [9.17, 15) is 4.79 Å². The van der Waals surface area contributed by atoms with Gasteiger partial charge in [-0.05, 0) is 31.7 Å². The number of nitrogens with one attached hydrogen (secondary N) is 1. The minimum atomic E-state index is 0.00843. The van der Waals surface area contributed by atoms with E-state index in [2.05, 4.69) is 24.3 Å². The van der Waals surface area contributed by atoms with Gasteiger partial charge in [0.2, 0.25) is 5.91 Å². The summed E-state index contributed by atoms with van der Waals surface area (Å²) in [6.45, 7) is 6.74. The largest absolute Gasteiger partial charge is 0.330 e. The van der Waals surface area contributed by atoms with Crippen molar-refractivity contribution in [2.45, 2.75) is 33.6 Å². The number of rotatable bonds is 6. The van der Waals surface area contributed by atoms with Crippen molar-refractivity contribution in [3.8, 4) is 0 Å². The van der Waals surface area contributed by atoms with Gasteiger partial charge in [-0.3, -0.25) is 9.48 Å². The second-order valence-corrected chi connectivity index (χ2v) is 5.28. The fraction of sp³-hybridized carbons (Fsp3) is 0.692. The molecule has 0 saturated carbocycles. The van der Waals surface area contributed by atoms with E-state index in [1.54, 1.807) is 4.68 Å². The highest BCUT2D eigenvalue weighted by Crippen LogP contribution is 2.16. The minimum Gasteiger partial charge on any atom is -0.330 e. The Bertz CT molecular complexity index is 398. The van der Waals surface area contributed by atoms with Gasteiger partial charge in [0.15, 0.2) is 0 Å². The van der Waals surface area contributed by atoms with Crippen LogP contribution in [0, 0.1) is 18.8 Å². The monoisotopic (exact) mass is 252 g/mol. The standard InChI is InChI=1S/C13H24N4O/c1-9(2)5-11(8-14)7-13(18)15-12-6-10(3)16-17(12)4/h6,9,11H,5,7-8,14H2,1-4H3,(H,15,18)/t11-/m0/s1. The normalized spacial score (nSPS) is 12.8. The molecule has 1 amide bonds. The summed E-state index contributed by atoms with van der Waals surface area (Å²) in [6.07, 6.45) is 1.45. The second-order valence-electron chi connectivity index (χ2n) is 5.28. The predicted octanol–water partition coefficient (Wildman–Crippen LogP) is 1.68. The Labute approximate surface area is 109 Å². The van der Waals surface area contributed by atoms with Gasteiger partial charge < -0.3 is 11.1 Å². The third-order valence-electron chi connectivity index (χ3n) is 2.88. The number of anilines is 1. The summed E-state index contributed by atoms with van der Waals surface area (Å²) in [5.74, 6) is 1.55. The Morgan fingerprint density at radius 2 is 2.22 bits per heavy atom. The van der Waals surface area contributed by atoms with Crippen LogP contribution in [-0.4, -0.2) is 22.2 Å². The van der Waals surface area contributed by atoms with Crippen LogP contribution in [-0.2, 0) is 11.8 Å². The maximum absolute atomic E-state index is 11.9. The summed E-state index contributed by atoms with van der Waals surface area (Å²) in [6, 6.07) is 1.86. The highest BCUT2D eigenvalue weighted by Gasteiger charge is 2.15.